The van der Waals surface area contributed by atoms with Gasteiger partial charge in [0, 0.05) is 51.6 Å². The number of nitrogens with one attached hydrogen (secondary N) is 1. The number of para-hydroxylation sites is 2. The van der Waals surface area contributed by atoms with Gasteiger partial charge in [-0.15, -0.1) is 0 Å². The van der Waals surface area contributed by atoms with Crippen LogP contribution in [0.25, 0.3) is 11.0 Å². The molecule has 0 atom stereocenters. The quantitative estimate of drug-likeness (QED) is 0.511. The first kappa shape index (κ1) is 19.0. The molecule has 0 unspecified atom stereocenters. The van der Waals surface area contributed by atoms with E-state index in [1.165, 1.54) is 16.6 Å². The number of aryl methyl sites for hydroxylation is 3. The van der Waals surface area contributed by atoms with Crippen LogP contribution in [0.3, 0.4) is 0 Å². The molecule has 2 aromatic carbocycles. The van der Waals surface area contributed by atoms with Crippen LogP contribution in [0.1, 0.15) is 17.0 Å². The molecule has 4 aromatic rings. The molecule has 0 aliphatic carbocycles. The first-order valence-corrected chi connectivity index (χ1v) is 9.96. The van der Waals surface area contributed by atoms with Crippen LogP contribution in [-0.2, 0) is 26.4 Å². The van der Waals surface area contributed by atoms with Gasteiger partial charge < -0.3 is 14.8 Å². The maximum atomic E-state index is 4.77. The van der Waals surface area contributed by atoms with E-state index in [1.54, 1.807) is 0 Å². The average molecular weight is 386 g/mol. The molecule has 29 heavy (non-hydrogen) atoms. The molecule has 0 fully saturated rings. The molecule has 0 aliphatic heterocycles. The highest BCUT2D eigenvalue weighted by atomic mass is 15.1. The summed E-state index contributed by atoms with van der Waals surface area (Å²) in [4.78, 5) is 11.3. The van der Waals surface area contributed by atoms with Crippen molar-refractivity contribution in [3.63, 3.8) is 0 Å². The van der Waals surface area contributed by atoms with Crippen LogP contribution in [0.4, 0.5) is 11.5 Å². The maximum Gasteiger partial charge on any atom is 0.132 e. The molecule has 0 amide bonds. The van der Waals surface area contributed by atoms with E-state index >= 15 is 0 Å². The number of rotatable bonds is 7. The minimum Gasteiger partial charge on any atom is -0.381 e. The summed E-state index contributed by atoms with van der Waals surface area (Å²) in [5.41, 5.74) is 5.87. The Bertz CT molecular complexity index is 1100. The van der Waals surface area contributed by atoms with E-state index in [0.717, 1.165) is 42.2 Å². The third-order valence-electron chi connectivity index (χ3n) is 5.25. The van der Waals surface area contributed by atoms with E-state index in [-0.39, 0.29) is 0 Å². The van der Waals surface area contributed by atoms with Crippen LogP contribution in [0.2, 0.25) is 0 Å². The number of nitrogens with zero attached hydrogens (tertiary/aromatic N) is 4. The lowest BCUT2D eigenvalue weighted by atomic mass is 10.1. The van der Waals surface area contributed by atoms with E-state index in [0.29, 0.717) is 0 Å². The van der Waals surface area contributed by atoms with Crippen LogP contribution < -0.4 is 10.2 Å². The van der Waals surface area contributed by atoms with Crippen molar-refractivity contribution in [1.82, 2.24) is 14.5 Å². The van der Waals surface area contributed by atoms with Crippen LogP contribution in [-0.4, -0.2) is 28.6 Å². The van der Waals surface area contributed by atoms with Gasteiger partial charge in [-0.1, -0.05) is 30.3 Å². The maximum absolute atomic E-state index is 4.77. The number of pyridine rings is 1. The van der Waals surface area contributed by atoms with Crippen LogP contribution in [0, 0.1) is 0 Å². The zero-order chi connectivity index (χ0) is 20.2. The van der Waals surface area contributed by atoms with Gasteiger partial charge in [0.1, 0.15) is 11.6 Å². The number of aromatic nitrogens is 3. The first-order chi connectivity index (χ1) is 14.1. The average Bonchev–Trinajstić information content (AvgIpc) is 3.07. The summed E-state index contributed by atoms with van der Waals surface area (Å²) in [5, 5.41) is 3.50. The minimum absolute atomic E-state index is 0.751. The van der Waals surface area contributed by atoms with Gasteiger partial charge in [-0.3, -0.25) is 0 Å². The number of hydrogen-bond acceptors (Lipinski definition) is 4. The van der Waals surface area contributed by atoms with Crippen LogP contribution in [0.5, 0.6) is 0 Å². The minimum atomic E-state index is 0.751. The number of anilines is 2. The van der Waals surface area contributed by atoms with Gasteiger partial charge in [0.2, 0.25) is 0 Å². The van der Waals surface area contributed by atoms with Gasteiger partial charge in [0.15, 0.2) is 0 Å². The van der Waals surface area contributed by atoms with Gasteiger partial charge in [-0.2, -0.15) is 0 Å². The van der Waals surface area contributed by atoms with E-state index in [2.05, 4.69) is 70.4 Å². The zero-order valence-corrected chi connectivity index (χ0v) is 17.3. The Balaban J connectivity index is 1.37. The highest BCUT2D eigenvalue weighted by molar-refractivity contribution is 5.75. The smallest absolute Gasteiger partial charge is 0.132 e. The second kappa shape index (κ2) is 8.35. The van der Waals surface area contributed by atoms with Crippen molar-refractivity contribution < 1.29 is 0 Å². The lowest BCUT2D eigenvalue weighted by molar-refractivity contribution is 0.787. The molecule has 148 valence electrons. The predicted molar refractivity (Wildman–Crippen MR) is 120 cm³/mol. The van der Waals surface area contributed by atoms with E-state index in [9.17, 15) is 0 Å². The molecule has 0 saturated carbocycles. The third kappa shape index (κ3) is 4.24. The summed E-state index contributed by atoms with van der Waals surface area (Å²) in [6, 6.07) is 21.1. The second-order valence-electron chi connectivity index (χ2n) is 7.51. The summed E-state index contributed by atoms with van der Waals surface area (Å²) < 4.78 is 2.20. The molecule has 0 bridgehead atoms. The monoisotopic (exact) mass is 385 g/mol. The third-order valence-corrected chi connectivity index (χ3v) is 5.25. The Kier molecular flexibility index (Phi) is 5.47. The summed E-state index contributed by atoms with van der Waals surface area (Å²) in [6.07, 6.45) is 3.74. The van der Waals surface area contributed by atoms with E-state index < -0.39 is 0 Å². The van der Waals surface area contributed by atoms with E-state index in [4.69, 9.17) is 4.98 Å². The van der Waals surface area contributed by atoms with Crippen molar-refractivity contribution in [2.75, 3.05) is 24.3 Å². The number of benzene rings is 2. The Morgan fingerprint density at radius 2 is 1.72 bits per heavy atom. The number of fused-ring (bicyclic) bond motifs is 1. The molecular formula is C24H27N5. The van der Waals surface area contributed by atoms with Crippen molar-refractivity contribution in [2.45, 2.75) is 19.4 Å². The topological polar surface area (TPSA) is 46.0 Å². The molecule has 1 N–H and O–H groups in total. The lowest BCUT2D eigenvalue weighted by Gasteiger charge is -2.16. The summed E-state index contributed by atoms with van der Waals surface area (Å²) >= 11 is 0. The molecule has 2 heterocycles. The van der Waals surface area contributed by atoms with Crippen molar-refractivity contribution >= 4 is 22.5 Å². The van der Waals surface area contributed by atoms with Gasteiger partial charge in [-0.05, 0) is 42.3 Å². The summed E-state index contributed by atoms with van der Waals surface area (Å²) in [5.74, 6) is 2.13. The number of imidazole rings is 1. The van der Waals surface area contributed by atoms with Crippen LogP contribution in [0.15, 0.2) is 66.9 Å². The predicted octanol–water partition coefficient (Wildman–Crippen LogP) is 4.43. The molecule has 0 aliphatic rings. The lowest BCUT2D eigenvalue weighted by Crippen LogP contribution is -2.14. The van der Waals surface area contributed by atoms with Gasteiger partial charge in [0.05, 0.1) is 11.0 Å². The fraction of sp³-hybridized carbons (Fsp3) is 0.250. The normalized spacial score (nSPS) is 11.0. The summed E-state index contributed by atoms with van der Waals surface area (Å²) in [7, 11) is 6.13. The standard InChI is InChI=1S/C24H27N5/c1-28(2)24-19(7-6-16-25-24)17-26-20-13-10-18(11-14-20)12-15-23-27-21-8-4-5-9-22(21)29(23)3/h4-11,13-14,16,26H,12,15,17H2,1-3H3. The Labute approximate surface area is 172 Å². The zero-order valence-electron chi connectivity index (χ0n) is 17.3. The van der Waals surface area contributed by atoms with Gasteiger partial charge in [0.25, 0.3) is 0 Å². The molecule has 0 radical (unpaired) electrons. The first-order valence-electron chi connectivity index (χ1n) is 9.96. The van der Waals surface area contributed by atoms with Crippen molar-refractivity contribution in [1.29, 1.82) is 0 Å². The Morgan fingerprint density at radius 1 is 0.931 bits per heavy atom. The molecule has 5 nitrogen and oxygen atoms in total. The molecule has 0 spiro atoms. The molecule has 5 heteroatoms. The van der Waals surface area contributed by atoms with Crippen molar-refractivity contribution in [3.05, 3.63) is 83.8 Å². The molecule has 0 saturated heterocycles. The van der Waals surface area contributed by atoms with Crippen LogP contribution >= 0.6 is 0 Å². The number of hydrogen-bond donors (Lipinski definition) is 1. The van der Waals surface area contributed by atoms with Gasteiger partial charge >= 0.3 is 0 Å². The highest BCUT2D eigenvalue weighted by Crippen LogP contribution is 2.19. The molecular weight excluding hydrogens is 358 g/mol. The van der Waals surface area contributed by atoms with Crippen molar-refractivity contribution in [3.8, 4) is 0 Å². The molecule has 4 rings (SSSR count). The largest absolute Gasteiger partial charge is 0.381 e. The second-order valence-corrected chi connectivity index (χ2v) is 7.51. The Morgan fingerprint density at radius 3 is 2.48 bits per heavy atom. The fourth-order valence-corrected chi connectivity index (χ4v) is 3.63. The van der Waals surface area contributed by atoms with Gasteiger partial charge in [-0.25, -0.2) is 9.97 Å². The molecule has 2 aromatic heterocycles. The fourth-order valence-electron chi connectivity index (χ4n) is 3.63. The SMILES string of the molecule is CN(C)c1ncccc1CNc1ccc(CCc2nc3ccccc3n2C)cc1. The Hall–Kier alpha value is -3.34. The highest BCUT2D eigenvalue weighted by Gasteiger charge is 2.08. The summed E-state index contributed by atoms with van der Waals surface area (Å²) in [6.45, 7) is 0.751. The van der Waals surface area contributed by atoms with E-state index in [1.807, 2.05) is 37.3 Å². The van der Waals surface area contributed by atoms with Crippen molar-refractivity contribution in [2.24, 2.45) is 7.05 Å².